The summed E-state index contributed by atoms with van der Waals surface area (Å²) < 4.78 is 5.05. The first kappa shape index (κ1) is 13.6. The lowest BCUT2D eigenvalue weighted by atomic mass is 10.2. The second-order valence-corrected chi connectivity index (χ2v) is 4.25. The van der Waals surface area contributed by atoms with Crippen molar-refractivity contribution >= 4 is 17.6 Å². The third kappa shape index (κ3) is 5.83. The van der Waals surface area contributed by atoms with Gasteiger partial charge in [0.25, 0.3) is 0 Å². The minimum atomic E-state index is -0.580. The van der Waals surface area contributed by atoms with Gasteiger partial charge in [-0.3, -0.25) is 4.79 Å². The molecule has 0 aliphatic rings. The second kappa shape index (κ2) is 4.91. The van der Waals surface area contributed by atoms with Crippen LogP contribution >= 0.6 is 0 Å². The summed E-state index contributed by atoms with van der Waals surface area (Å²) in [5, 5.41) is 4.80. The van der Waals surface area contributed by atoms with E-state index in [1.165, 1.54) is 14.0 Å². The standard InChI is InChI=1S/C10H18N2O3/c1-7(8(2)13)11-12(6)9(14)15-10(3,4)5/h1-6H3. The molecule has 0 radical (unpaired) electrons. The third-order valence-corrected chi connectivity index (χ3v) is 1.47. The molecule has 0 fully saturated rings. The molecule has 0 aromatic carbocycles. The Morgan fingerprint density at radius 2 is 1.67 bits per heavy atom. The lowest BCUT2D eigenvalue weighted by Crippen LogP contribution is -2.32. The number of ether oxygens (including phenoxy) is 1. The zero-order chi connectivity index (χ0) is 12.2. The molecule has 0 saturated carbocycles. The summed E-state index contributed by atoms with van der Waals surface area (Å²) in [6.45, 7) is 8.23. The van der Waals surface area contributed by atoms with Gasteiger partial charge in [-0.2, -0.15) is 5.10 Å². The zero-order valence-corrected chi connectivity index (χ0v) is 10.1. The Labute approximate surface area is 90.1 Å². The van der Waals surface area contributed by atoms with Crippen LogP contribution in [0.2, 0.25) is 0 Å². The second-order valence-electron chi connectivity index (χ2n) is 4.25. The Balaban J connectivity index is 4.47. The van der Waals surface area contributed by atoms with Gasteiger partial charge in [0, 0.05) is 14.0 Å². The summed E-state index contributed by atoms with van der Waals surface area (Å²) in [6, 6.07) is 0. The van der Waals surface area contributed by atoms with E-state index in [-0.39, 0.29) is 11.5 Å². The highest BCUT2D eigenvalue weighted by Gasteiger charge is 2.19. The van der Waals surface area contributed by atoms with Gasteiger partial charge >= 0.3 is 6.09 Å². The third-order valence-electron chi connectivity index (χ3n) is 1.47. The predicted octanol–water partition coefficient (Wildman–Crippen LogP) is 1.82. The number of ketones is 1. The Morgan fingerprint density at radius 1 is 1.20 bits per heavy atom. The van der Waals surface area contributed by atoms with Crippen molar-refractivity contribution in [2.24, 2.45) is 5.10 Å². The monoisotopic (exact) mass is 214 g/mol. The number of hydrogen-bond acceptors (Lipinski definition) is 4. The van der Waals surface area contributed by atoms with E-state index in [4.69, 9.17) is 4.74 Å². The number of hydrazone groups is 1. The van der Waals surface area contributed by atoms with Crippen LogP contribution in [0, 0.1) is 0 Å². The van der Waals surface area contributed by atoms with E-state index in [1.54, 1.807) is 27.7 Å². The van der Waals surface area contributed by atoms with Gasteiger partial charge in [-0.05, 0) is 27.7 Å². The summed E-state index contributed by atoms with van der Waals surface area (Å²) in [5.41, 5.74) is -0.297. The number of carbonyl (C=O) groups excluding carboxylic acids is 2. The number of amides is 1. The van der Waals surface area contributed by atoms with Crippen LogP contribution in [-0.2, 0) is 9.53 Å². The lowest BCUT2D eigenvalue weighted by Gasteiger charge is -2.22. The van der Waals surface area contributed by atoms with Gasteiger partial charge < -0.3 is 4.74 Å². The largest absolute Gasteiger partial charge is 0.442 e. The zero-order valence-electron chi connectivity index (χ0n) is 10.1. The quantitative estimate of drug-likeness (QED) is 0.520. The summed E-state index contributed by atoms with van der Waals surface area (Å²) >= 11 is 0. The van der Waals surface area contributed by atoms with Gasteiger partial charge in [0.2, 0.25) is 0 Å². The molecule has 1 amide bonds. The Hall–Kier alpha value is -1.39. The van der Waals surface area contributed by atoms with Crippen molar-refractivity contribution in [3.8, 4) is 0 Å². The predicted molar refractivity (Wildman–Crippen MR) is 57.8 cm³/mol. The van der Waals surface area contributed by atoms with Crippen LogP contribution < -0.4 is 0 Å². The van der Waals surface area contributed by atoms with Crippen molar-refractivity contribution in [3.05, 3.63) is 0 Å². The summed E-state index contributed by atoms with van der Waals surface area (Å²) in [4.78, 5) is 22.3. The summed E-state index contributed by atoms with van der Waals surface area (Å²) in [7, 11) is 1.44. The van der Waals surface area contributed by atoms with E-state index in [0.29, 0.717) is 0 Å². The molecule has 5 nitrogen and oxygen atoms in total. The number of hydrogen-bond donors (Lipinski definition) is 0. The fourth-order valence-electron chi connectivity index (χ4n) is 0.664. The van der Waals surface area contributed by atoms with Crippen molar-refractivity contribution in [2.75, 3.05) is 7.05 Å². The molecule has 15 heavy (non-hydrogen) atoms. The molecule has 0 atom stereocenters. The van der Waals surface area contributed by atoms with Gasteiger partial charge in [-0.25, -0.2) is 9.80 Å². The molecule has 0 saturated heterocycles. The maximum absolute atomic E-state index is 11.4. The van der Waals surface area contributed by atoms with Crippen molar-refractivity contribution in [2.45, 2.75) is 40.2 Å². The van der Waals surface area contributed by atoms with Crippen LogP contribution in [0.3, 0.4) is 0 Å². The molecule has 0 aliphatic carbocycles. The number of Topliss-reactive ketones (excluding diaryl/α,β-unsaturated/α-hetero) is 1. The molecule has 0 spiro atoms. The van der Waals surface area contributed by atoms with E-state index in [0.717, 1.165) is 5.01 Å². The smallest absolute Gasteiger partial charge is 0.430 e. The molecule has 0 aromatic heterocycles. The van der Waals surface area contributed by atoms with E-state index in [2.05, 4.69) is 5.10 Å². The topological polar surface area (TPSA) is 59.0 Å². The highest BCUT2D eigenvalue weighted by Crippen LogP contribution is 2.09. The van der Waals surface area contributed by atoms with Crippen molar-refractivity contribution < 1.29 is 14.3 Å². The lowest BCUT2D eigenvalue weighted by molar-refractivity contribution is -0.111. The number of rotatable bonds is 2. The molecule has 86 valence electrons. The average molecular weight is 214 g/mol. The molecule has 0 unspecified atom stereocenters. The molecular formula is C10H18N2O3. The molecule has 0 aromatic rings. The minimum absolute atomic E-state index is 0.176. The number of carbonyl (C=O) groups is 2. The molecule has 0 heterocycles. The van der Waals surface area contributed by atoms with E-state index in [1.807, 2.05) is 0 Å². The van der Waals surface area contributed by atoms with Gasteiger partial charge in [0.15, 0.2) is 5.78 Å². The maximum Gasteiger partial charge on any atom is 0.430 e. The van der Waals surface area contributed by atoms with Crippen LogP contribution in [-0.4, -0.2) is 35.2 Å². The highest BCUT2D eigenvalue weighted by atomic mass is 16.6. The fraction of sp³-hybridized carbons (Fsp3) is 0.700. The van der Waals surface area contributed by atoms with E-state index < -0.39 is 11.7 Å². The first-order valence-corrected chi connectivity index (χ1v) is 4.66. The molecule has 0 bridgehead atoms. The highest BCUT2D eigenvalue weighted by molar-refractivity contribution is 6.37. The first-order valence-electron chi connectivity index (χ1n) is 4.66. The molecule has 0 N–H and O–H groups in total. The fourth-order valence-corrected chi connectivity index (χ4v) is 0.664. The Bertz CT molecular complexity index is 290. The van der Waals surface area contributed by atoms with Crippen LogP contribution in [0.25, 0.3) is 0 Å². The van der Waals surface area contributed by atoms with Gasteiger partial charge in [0.05, 0.1) is 0 Å². The normalized spacial score (nSPS) is 12.3. The van der Waals surface area contributed by atoms with Crippen LogP contribution in [0.5, 0.6) is 0 Å². The van der Waals surface area contributed by atoms with Crippen molar-refractivity contribution in [1.29, 1.82) is 0 Å². The van der Waals surface area contributed by atoms with E-state index >= 15 is 0 Å². The van der Waals surface area contributed by atoms with Crippen LogP contribution in [0.15, 0.2) is 5.10 Å². The van der Waals surface area contributed by atoms with Gasteiger partial charge in [-0.15, -0.1) is 0 Å². The summed E-state index contributed by atoms with van der Waals surface area (Å²) in [5.74, 6) is -0.176. The molecule has 0 aliphatic heterocycles. The maximum atomic E-state index is 11.4. The Morgan fingerprint density at radius 3 is 2.00 bits per heavy atom. The number of nitrogens with zero attached hydrogens (tertiary/aromatic N) is 2. The van der Waals surface area contributed by atoms with Gasteiger partial charge in [-0.1, -0.05) is 0 Å². The van der Waals surface area contributed by atoms with Crippen LogP contribution in [0.1, 0.15) is 34.6 Å². The minimum Gasteiger partial charge on any atom is -0.442 e. The molecule has 0 rings (SSSR count). The summed E-state index contributed by atoms with van der Waals surface area (Å²) in [6.07, 6.45) is -0.580. The molecular weight excluding hydrogens is 196 g/mol. The average Bonchev–Trinajstić information content (AvgIpc) is 2.00. The molecule has 5 heteroatoms. The van der Waals surface area contributed by atoms with Crippen LogP contribution in [0.4, 0.5) is 4.79 Å². The van der Waals surface area contributed by atoms with E-state index in [9.17, 15) is 9.59 Å². The first-order chi connectivity index (χ1) is 6.63. The SMILES string of the molecule is CC(=O)C(C)=NN(C)C(=O)OC(C)(C)C. The van der Waals surface area contributed by atoms with Crippen molar-refractivity contribution in [1.82, 2.24) is 5.01 Å². The van der Waals surface area contributed by atoms with Gasteiger partial charge in [0.1, 0.15) is 11.3 Å². The van der Waals surface area contributed by atoms with Crippen molar-refractivity contribution in [3.63, 3.8) is 0 Å². The Kier molecular flexibility index (Phi) is 4.45.